The van der Waals surface area contributed by atoms with Crippen LogP contribution in [0, 0.1) is 0 Å². The summed E-state index contributed by atoms with van der Waals surface area (Å²) in [6, 6.07) is 0. The van der Waals surface area contributed by atoms with Gasteiger partial charge in [-0.1, -0.05) is 0 Å². The summed E-state index contributed by atoms with van der Waals surface area (Å²) in [5, 5.41) is 46.1. The molecule has 16 heavy (non-hydrogen) atoms. The van der Waals surface area contributed by atoms with Crippen LogP contribution in [0.3, 0.4) is 0 Å². The van der Waals surface area contributed by atoms with E-state index in [2.05, 4.69) is 4.52 Å². The van der Waals surface area contributed by atoms with Crippen LogP contribution >= 0.6 is 7.82 Å². The molecule has 1 aliphatic carbocycles. The first kappa shape index (κ1) is 14.0. The monoisotopic (exact) mass is 260 g/mol. The lowest BCUT2D eigenvalue weighted by Crippen LogP contribution is -2.64. The predicted molar refractivity (Wildman–Crippen MR) is 47.0 cm³/mol. The van der Waals surface area contributed by atoms with Gasteiger partial charge in [-0.3, -0.25) is 4.52 Å². The van der Waals surface area contributed by atoms with Crippen molar-refractivity contribution in [1.82, 2.24) is 0 Å². The molecule has 0 amide bonds. The largest absolute Gasteiger partial charge is 0.470 e. The molecule has 0 aromatic heterocycles. The maximum absolute atomic E-state index is 10.5. The predicted octanol–water partition coefficient (Wildman–Crippen LogP) is -3.72. The van der Waals surface area contributed by atoms with E-state index in [1.54, 1.807) is 0 Å². The van der Waals surface area contributed by atoms with Crippen molar-refractivity contribution >= 4 is 7.82 Å². The van der Waals surface area contributed by atoms with Crippen molar-refractivity contribution in [2.75, 3.05) is 0 Å². The van der Waals surface area contributed by atoms with E-state index < -0.39 is 44.4 Å². The lowest BCUT2D eigenvalue weighted by Gasteiger charge is -2.41. The lowest BCUT2D eigenvalue weighted by atomic mass is 9.85. The van der Waals surface area contributed by atoms with Crippen molar-refractivity contribution < 1.29 is 44.4 Å². The molecular formula is C6H13O9P. The quantitative estimate of drug-likeness (QED) is 0.247. The first-order valence-corrected chi connectivity index (χ1v) is 5.82. The molecule has 0 aromatic carbocycles. The average Bonchev–Trinajstić information content (AvgIpc) is 2.17. The average molecular weight is 260 g/mol. The van der Waals surface area contributed by atoms with Crippen LogP contribution in [0.1, 0.15) is 0 Å². The maximum atomic E-state index is 10.5. The molecular weight excluding hydrogens is 247 g/mol. The molecule has 0 bridgehead atoms. The molecule has 0 aliphatic heterocycles. The van der Waals surface area contributed by atoms with Gasteiger partial charge in [0.2, 0.25) is 0 Å². The third-order valence-electron chi connectivity index (χ3n) is 2.33. The Kier molecular flexibility index (Phi) is 4.06. The van der Waals surface area contributed by atoms with Crippen LogP contribution in [0.4, 0.5) is 0 Å². The van der Waals surface area contributed by atoms with Crippen LogP contribution in [0.5, 0.6) is 0 Å². The Labute approximate surface area is 89.8 Å². The molecule has 10 heteroatoms. The first-order chi connectivity index (χ1) is 7.15. The smallest absolute Gasteiger partial charge is 0.387 e. The van der Waals surface area contributed by atoms with E-state index in [0.717, 1.165) is 0 Å². The molecule has 0 heterocycles. The molecule has 0 saturated heterocycles. The highest BCUT2D eigenvalue weighted by molar-refractivity contribution is 7.46. The van der Waals surface area contributed by atoms with Gasteiger partial charge in [0.25, 0.3) is 0 Å². The second-order valence-electron chi connectivity index (χ2n) is 3.51. The number of aliphatic hydroxyl groups excluding tert-OH is 5. The van der Waals surface area contributed by atoms with Crippen molar-refractivity contribution in [2.24, 2.45) is 0 Å². The third kappa shape index (κ3) is 2.77. The molecule has 7 N–H and O–H groups in total. The van der Waals surface area contributed by atoms with Crippen molar-refractivity contribution in [3.63, 3.8) is 0 Å². The van der Waals surface area contributed by atoms with Crippen LogP contribution in [-0.2, 0) is 9.09 Å². The Morgan fingerprint density at radius 1 is 0.750 bits per heavy atom. The van der Waals surface area contributed by atoms with Gasteiger partial charge in [-0.25, -0.2) is 4.57 Å². The second kappa shape index (κ2) is 4.65. The van der Waals surface area contributed by atoms with Gasteiger partial charge >= 0.3 is 7.82 Å². The van der Waals surface area contributed by atoms with Gasteiger partial charge < -0.3 is 35.3 Å². The molecule has 1 aliphatic rings. The van der Waals surface area contributed by atoms with Gasteiger partial charge in [-0.2, -0.15) is 0 Å². The van der Waals surface area contributed by atoms with Gasteiger partial charge in [0.05, 0.1) is 0 Å². The van der Waals surface area contributed by atoms with Crippen LogP contribution in [0.25, 0.3) is 0 Å². The van der Waals surface area contributed by atoms with Gasteiger partial charge in [-0.05, 0) is 0 Å². The number of phosphoric acid groups is 1. The highest BCUT2D eigenvalue weighted by atomic mass is 31.2. The minimum absolute atomic E-state index is 1.83. The topological polar surface area (TPSA) is 168 Å². The highest BCUT2D eigenvalue weighted by Crippen LogP contribution is 2.41. The summed E-state index contributed by atoms with van der Waals surface area (Å²) < 4.78 is 14.5. The number of rotatable bonds is 2. The third-order valence-corrected chi connectivity index (χ3v) is 2.85. The molecule has 0 spiro atoms. The first-order valence-electron chi connectivity index (χ1n) is 4.29. The Bertz CT molecular complexity index is 274. The summed E-state index contributed by atoms with van der Waals surface area (Å²) >= 11 is 0. The minimum atomic E-state index is -5.01. The molecule has 1 fully saturated rings. The van der Waals surface area contributed by atoms with E-state index in [9.17, 15) is 25.0 Å². The maximum Gasteiger partial charge on any atom is 0.470 e. The van der Waals surface area contributed by atoms with E-state index in [1.807, 2.05) is 0 Å². The van der Waals surface area contributed by atoms with E-state index in [-0.39, 0.29) is 0 Å². The normalized spacial score (nSPS) is 45.7. The zero-order chi connectivity index (χ0) is 12.7. The van der Waals surface area contributed by atoms with Crippen molar-refractivity contribution in [2.45, 2.75) is 36.6 Å². The van der Waals surface area contributed by atoms with E-state index in [0.29, 0.717) is 0 Å². The molecule has 9 nitrogen and oxygen atoms in total. The fourth-order valence-electron chi connectivity index (χ4n) is 1.48. The van der Waals surface area contributed by atoms with Gasteiger partial charge in [0, 0.05) is 0 Å². The molecule has 1 saturated carbocycles. The van der Waals surface area contributed by atoms with Gasteiger partial charge in [0.15, 0.2) is 0 Å². The molecule has 0 radical (unpaired) electrons. The van der Waals surface area contributed by atoms with Crippen LogP contribution in [-0.4, -0.2) is 71.9 Å². The number of hydrogen-bond donors (Lipinski definition) is 7. The zero-order valence-corrected chi connectivity index (χ0v) is 8.75. The molecule has 1 rings (SSSR count). The van der Waals surface area contributed by atoms with E-state index >= 15 is 0 Å². The van der Waals surface area contributed by atoms with Crippen molar-refractivity contribution in [3.05, 3.63) is 0 Å². The number of hydrogen-bond acceptors (Lipinski definition) is 7. The summed E-state index contributed by atoms with van der Waals surface area (Å²) in [6.45, 7) is 0. The Balaban J connectivity index is 2.87. The fraction of sp³-hybridized carbons (Fsp3) is 1.00. The Morgan fingerprint density at radius 3 is 1.38 bits per heavy atom. The molecule has 4 atom stereocenters. The van der Waals surface area contributed by atoms with E-state index in [1.165, 1.54) is 0 Å². The number of phosphoric ester groups is 1. The zero-order valence-electron chi connectivity index (χ0n) is 7.86. The highest BCUT2D eigenvalue weighted by Gasteiger charge is 2.50. The van der Waals surface area contributed by atoms with Crippen molar-refractivity contribution in [1.29, 1.82) is 0 Å². The molecule has 0 aromatic rings. The summed E-state index contributed by atoms with van der Waals surface area (Å²) in [7, 11) is -5.01. The van der Waals surface area contributed by atoms with Crippen molar-refractivity contribution in [3.8, 4) is 0 Å². The second-order valence-corrected chi connectivity index (χ2v) is 4.71. The summed E-state index contributed by atoms with van der Waals surface area (Å²) in [5.41, 5.74) is 0. The standard InChI is InChI=1S/C6H13O9P/c7-1-2(8)4(10)6(5(11)3(1)9)15-16(12,13)14/h1-11H,(H2,12,13,14)/t1?,2-,3-,4-,5-,6?/m1/s1. The fourth-order valence-corrected chi connectivity index (χ4v) is 2.05. The Morgan fingerprint density at radius 2 is 1.06 bits per heavy atom. The molecule has 0 unspecified atom stereocenters. The lowest BCUT2D eigenvalue weighted by molar-refractivity contribution is -0.219. The minimum Gasteiger partial charge on any atom is -0.387 e. The van der Waals surface area contributed by atoms with Gasteiger partial charge in [0.1, 0.15) is 36.6 Å². The summed E-state index contributed by atoms with van der Waals surface area (Å²) in [5.74, 6) is 0. The Hall–Kier alpha value is -0.0900. The number of aliphatic hydroxyl groups is 5. The van der Waals surface area contributed by atoms with Crippen LogP contribution in [0.15, 0.2) is 0 Å². The summed E-state index contributed by atoms with van der Waals surface area (Å²) in [4.78, 5) is 17.0. The SMILES string of the molecule is O=P(O)(O)OC1[C@H](O)[C@H](O)C(O)[C@@H](O)[C@H]1O. The van der Waals surface area contributed by atoms with E-state index in [4.69, 9.17) is 14.9 Å². The molecule has 96 valence electrons. The van der Waals surface area contributed by atoms with Crippen LogP contribution < -0.4 is 0 Å². The van der Waals surface area contributed by atoms with Crippen LogP contribution in [0.2, 0.25) is 0 Å². The van der Waals surface area contributed by atoms with Gasteiger partial charge in [-0.15, -0.1) is 0 Å². The summed E-state index contributed by atoms with van der Waals surface area (Å²) in [6.07, 6.45) is -11.3.